The van der Waals surface area contributed by atoms with Crippen LogP contribution in [0.15, 0.2) is 42.5 Å². The molecule has 0 saturated carbocycles. The summed E-state index contributed by atoms with van der Waals surface area (Å²) in [5.74, 6) is 2.01. The van der Waals surface area contributed by atoms with Crippen molar-refractivity contribution in [2.75, 3.05) is 21.3 Å². The van der Waals surface area contributed by atoms with E-state index in [-0.39, 0.29) is 5.91 Å². The highest BCUT2D eigenvalue weighted by atomic mass is 16.5. The summed E-state index contributed by atoms with van der Waals surface area (Å²) in [6.07, 6.45) is 0. The molecule has 0 unspecified atom stereocenters. The number of benzene rings is 2. The van der Waals surface area contributed by atoms with Crippen molar-refractivity contribution in [1.82, 2.24) is 9.88 Å². The molecule has 26 heavy (non-hydrogen) atoms. The summed E-state index contributed by atoms with van der Waals surface area (Å²) >= 11 is 0. The number of aromatic nitrogens is 1. The van der Waals surface area contributed by atoms with E-state index in [1.165, 1.54) is 0 Å². The van der Waals surface area contributed by atoms with Crippen LogP contribution in [0.3, 0.4) is 0 Å². The minimum atomic E-state index is -0.163. The number of carbonyl (C=O) groups excluding carboxylic acids is 1. The third-order valence-corrected chi connectivity index (χ3v) is 4.40. The standard InChI is InChI=1S/C20H22N2O4/c1-22-16(11-15-17(25-3)9-10-18(26-4)19(15)22)20(23)21-12-13-5-7-14(24-2)8-6-13/h5-11H,12H2,1-4H3,(H,21,23). The Morgan fingerprint density at radius 2 is 1.62 bits per heavy atom. The molecular formula is C20H22N2O4. The van der Waals surface area contributed by atoms with E-state index >= 15 is 0 Å². The largest absolute Gasteiger partial charge is 0.497 e. The minimum absolute atomic E-state index is 0.163. The highest BCUT2D eigenvalue weighted by Crippen LogP contribution is 2.35. The molecule has 0 saturated heterocycles. The second-order valence-electron chi connectivity index (χ2n) is 5.85. The van der Waals surface area contributed by atoms with Gasteiger partial charge in [-0.3, -0.25) is 4.79 Å². The van der Waals surface area contributed by atoms with Crippen molar-refractivity contribution >= 4 is 16.8 Å². The zero-order valence-corrected chi connectivity index (χ0v) is 15.3. The minimum Gasteiger partial charge on any atom is -0.497 e. The monoisotopic (exact) mass is 354 g/mol. The average Bonchev–Trinajstić information content (AvgIpc) is 3.03. The van der Waals surface area contributed by atoms with Gasteiger partial charge in [-0.15, -0.1) is 0 Å². The van der Waals surface area contributed by atoms with Gasteiger partial charge >= 0.3 is 0 Å². The number of nitrogens with one attached hydrogen (secondary N) is 1. The third kappa shape index (κ3) is 3.18. The summed E-state index contributed by atoms with van der Waals surface area (Å²) in [6.45, 7) is 0.429. The van der Waals surface area contributed by atoms with E-state index in [9.17, 15) is 4.79 Å². The number of hydrogen-bond donors (Lipinski definition) is 1. The van der Waals surface area contributed by atoms with E-state index in [2.05, 4.69) is 5.32 Å². The predicted molar refractivity (Wildman–Crippen MR) is 100 cm³/mol. The molecule has 1 N–H and O–H groups in total. The van der Waals surface area contributed by atoms with Gasteiger partial charge in [0.2, 0.25) is 0 Å². The van der Waals surface area contributed by atoms with Gasteiger partial charge in [-0.25, -0.2) is 0 Å². The Bertz CT molecular complexity index is 929. The predicted octanol–water partition coefficient (Wildman–Crippen LogP) is 3.13. The van der Waals surface area contributed by atoms with Crippen LogP contribution in [0.2, 0.25) is 0 Å². The molecular weight excluding hydrogens is 332 g/mol. The molecule has 0 aliphatic rings. The van der Waals surface area contributed by atoms with Gasteiger partial charge in [0.05, 0.1) is 26.8 Å². The Labute approximate surface area is 152 Å². The summed E-state index contributed by atoms with van der Waals surface area (Å²) < 4.78 is 17.8. The van der Waals surface area contributed by atoms with Crippen LogP contribution in [0.25, 0.3) is 10.9 Å². The zero-order valence-electron chi connectivity index (χ0n) is 15.3. The van der Waals surface area contributed by atoms with Crippen LogP contribution in [0.1, 0.15) is 16.1 Å². The van der Waals surface area contributed by atoms with Gasteiger partial charge in [0.1, 0.15) is 22.9 Å². The molecule has 1 heterocycles. The fraction of sp³-hybridized carbons (Fsp3) is 0.250. The number of carbonyl (C=O) groups is 1. The topological polar surface area (TPSA) is 61.7 Å². The molecule has 1 amide bonds. The Morgan fingerprint density at radius 3 is 2.23 bits per heavy atom. The zero-order chi connectivity index (χ0) is 18.7. The molecule has 0 atom stereocenters. The molecule has 0 bridgehead atoms. The molecule has 0 aliphatic carbocycles. The number of nitrogens with zero attached hydrogens (tertiary/aromatic N) is 1. The molecule has 0 spiro atoms. The smallest absolute Gasteiger partial charge is 0.268 e. The maximum absolute atomic E-state index is 12.7. The number of aryl methyl sites for hydroxylation is 1. The number of hydrogen-bond acceptors (Lipinski definition) is 4. The molecule has 1 aromatic heterocycles. The fourth-order valence-electron chi connectivity index (χ4n) is 2.99. The van der Waals surface area contributed by atoms with Gasteiger partial charge < -0.3 is 24.1 Å². The normalized spacial score (nSPS) is 10.6. The van der Waals surface area contributed by atoms with Gasteiger partial charge in [0.15, 0.2) is 0 Å². The Hall–Kier alpha value is -3.15. The Morgan fingerprint density at radius 1 is 0.962 bits per heavy atom. The number of amides is 1. The number of methoxy groups -OCH3 is 3. The van der Waals surface area contributed by atoms with Crippen LogP contribution in [-0.4, -0.2) is 31.8 Å². The first kappa shape index (κ1) is 17.7. The Balaban J connectivity index is 1.86. The molecule has 136 valence electrons. The summed E-state index contributed by atoms with van der Waals surface area (Å²) in [7, 11) is 6.68. The van der Waals surface area contributed by atoms with Crippen molar-refractivity contribution in [3.63, 3.8) is 0 Å². The lowest BCUT2D eigenvalue weighted by Gasteiger charge is -2.09. The average molecular weight is 354 g/mol. The molecule has 3 aromatic rings. The lowest BCUT2D eigenvalue weighted by molar-refractivity contribution is 0.0943. The first-order chi connectivity index (χ1) is 12.6. The fourth-order valence-corrected chi connectivity index (χ4v) is 2.99. The second-order valence-corrected chi connectivity index (χ2v) is 5.85. The van der Waals surface area contributed by atoms with Gasteiger partial charge in [0, 0.05) is 19.0 Å². The molecule has 2 aromatic carbocycles. The highest BCUT2D eigenvalue weighted by molar-refractivity contribution is 6.02. The van der Waals surface area contributed by atoms with Crippen LogP contribution in [0.5, 0.6) is 17.2 Å². The van der Waals surface area contributed by atoms with Crippen LogP contribution >= 0.6 is 0 Å². The number of ether oxygens (including phenoxy) is 3. The SMILES string of the molecule is COc1ccc(CNC(=O)c2cc3c(OC)ccc(OC)c3n2C)cc1. The van der Waals surface area contributed by atoms with Crippen LogP contribution < -0.4 is 19.5 Å². The van der Waals surface area contributed by atoms with Crippen molar-refractivity contribution in [3.8, 4) is 17.2 Å². The third-order valence-electron chi connectivity index (χ3n) is 4.40. The van der Waals surface area contributed by atoms with E-state index in [0.29, 0.717) is 23.7 Å². The molecule has 0 aliphatic heterocycles. The number of fused-ring (bicyclic) bond motifs is 1. The first-order valence-electron chi connectivity index (χ1n) is 8.20. The first-order valence-corrected chi connectivity index (χ1v) is 8.20. The molecule has 3 rings (SSSR count). The van der Waals surface area contributed by atoms with Crippen molar-refractivity contribution in [1.29, 1.82) is 0 Å². The van der Waals surface area contributed by atoms with Gasteiger partial charge in [0.25, 0.3) is 5.91 Å². The van der Waals surface area contributed by atoms with Gasteiger partial charge in [-0.2, -0.15) is 0 Å². The summed E-state index contributed by atoms with van der Waals surface area (Å²) in [5.41, 5.74) is 2.35. The van der Waals surface area contributed by atoms with Crippen molar-refractivity contribution in [2.24, 2.45) is 7.05 Å². The van der Waals surface area contributed by atoms with E-state index in [1.54, 1.807) is 21.3 Å². The molecule has 0 radical (unpaired) electrons. The van der Waals surface area contributed by atoms with Crippen LogP contribution in [0, 0.1) is 0 Å². The molecule has 0 fully saturated rings. The van der Waals surface area contributed by atoms with Crippen LogP contribution in [0.4, 0.5) is 0 Å². The summed E-state index contributed by atoms with van der Waals surface area (Å²) in [4.78, 5) is 12.7. The molecule has 6 heteroatoms. The van der Waals surface area contributed by atoms with Crippen LogP contribution in [-0.2, 0) is 13.6 Å². The van der Waals surface area contributed by atoms with Crippen molar-refractivity contribution in [3.05, 3.63) is 53.7 Å². The number of rotatable bonds is 6. The van der Waals surface area contributed by atoms with E-state index in [1.807, 2.05) is 54.1 Å². The highest BCUT2D eigenvalue weighted by Gasteiger charge is 2.18. The van der Waals surface area contributed by atoms with E-state index in [0.717, 1.165) is 22.2 Å². The van der Waals surface area contributed by atoms with E-state index in [4.69, 9.17) is 14.2 Å². The van der Waals surface area contributed by atoms with Crippen molar-refractivity contribution in [2.45, 2.75) is 6.54 Å². The lowest BCUT2D eigenvalue weighted by Crippen LogP contribution is -2.24. The summed E-state index contributed by atoms with van der Waals surface area (Å²) in [5, 5.41) is 3.78. The maximum Gasteiger partial charge on any atom is 0.268 e. The maximum atomic E-state index is 12.7. The van der Waals surface area contributed by atoms with Gasteiger partial charge in [-0.05, 0) is 35.9 Å². The summed E-state index contributed by atoms with van der Waals surface area (Å²) in [6, 6.07) is 13.1. The lowest BCUT2D eigenvalue weighted by atomic mass is 10.2. The Kier molecular flexibility index (Phi) is 5.02. The van der Waals surface area contributed by atoms with Crippen molar-refractivity contribution < 1.29 is 19.0 Å². The van der Waals surface area contributed by atoms with E-state index < -0.39 is 0 Å². The van der Waals surface area contributed by atoms with Gasteiger partial charge in [-0.1, -0.05) is 12.1 Å². The molecule has 6 nitrogen and oxygen atoms in total. The second kappa shape index (κ2) is 7.39. The quantitative estimate of drug-likeness (QED) is 0.739.